The number of carbonyl (C=O) groups excluding carboxylic acids is 1. The van der Waals surface area contributed by atoms with Gasteiger partial charge in [0.2, 0.25) is 5.91 Å². The molecule has 1 fully saturated rings. The van der Waals surface area contributed by atoms with Gasteiger partial charge in [-0.05, 0) is 55.3 Å². The number of aryl methyl sites for hydroxylation is 3. The second kappa shape index (κ2) is 9.13. The first-order chi connectivity index (χ1) is 14.6. The van der Waals surface area contributed by atoms with E-state index in [9.17, 15) is 4.79 Å². The first-order valence-corrected chi connectivity index (χ1v) is 10.3. The number of nitrogens with zero attached hydrogens (tertiary/aromatic N) is 2. The number of benzene rings is 2. The number of hydrogen-bond donors (Lipinski definition) is 1. The fourth-order valence-corrected chi connectivity index (χ4v) is 3.48. The van der Waals surface area contributed by atoms with Crippen LogP contribution in [0.1, 0.15) is 23.4 Å². The molecule has 1 amide bonds. The third-order valence-electron chi connectivity index (χ3n) is 5.44. The molecule has 156 valence electrons. The number of anilines is 2. The van der Waals surface area contributed by atoms with E-state index in [0.29, 0.717) is 18.7 Å². The van der Waals surface area contributed by atoms with Crippen molar-refractivity contribution in [1.29, 1.82) is 0 Å². The molecule has 30 heavy (non-hydrogen) atoms. The van der Waals surface area contributed by atoms with Gasteiger partial charge in [-0.3, -0.25) is 4.79 Å². The van der Waals surface area contributed by atoms with E-state index < -0.39 is 0 Å². The zero-order valence-corrected chi connectivity index (χ0v) is 17.5. The van der Waals surface area contributed by atoms with Crippen molar-refractivity contribution in [3.8, 4) is 11.3 Å². The van der Waals surface area contributed by atoms with E-state index in [4.69, 9.17) is 9.15 Å². The highest BCUT2D eigenvalue weighted by Crippen LogP contribution is 2.24. The summed E-state index contributed by atoms with van der Waals surface area (Å²) in [6, 6.07) is 14.1. The summed E-state index contributed by atoms with van der Waals surface area (Å²) in [5.74, 6) is 1.24. The van der Waals surface area contributed by atoms with Gasteiger partial charge in [0.25, 0.3) is 0 Å². The van der Waals surface area contributed by atoms with Crippen molar-refractivity contribution in [2.24, 2.45) is 0 Å². The van der Waals surface area contributed by atoms with Crippen LogP contribution in [-0.4, -0.2) is 37.2 Å². The predicted molar refractivity (Wildman–Crippen MR) is 118 cm³/mol. The van der Waals surface area contributed by atoms with Crippen LogP contribution in [0.2, 0.25) is 0 Å². The Morgan fingerprint density at radius 3 is 2.57 bits per heavy atom. The molecule has 3 aromatic rings. The molecule has 2 aromatic carbocycles. The first-order valence-electron chi connectivity index (χ1n) is 10.3. The number of nitrogens with one attached hydrogen (secondary N) is 1. The summed E-state index contributed by atoms with van der Waals surface area (Å²) in [6.45, 7) is 7.46. The maximum atomic E-state index is 12.3. The highest BCUT2D eigenvalue weighted by molar-refractivity contribution is 5.91. The molecule has 2 heterocycles. The Kier molecular flexibility index (Phi) is 6.14. The quantitative estimate of drug-likeness (QED) is 0.660. The Labute approximate surface area is 176 Å². The van der Waals surface area contributed by atoms with Crippen molar-refractivity contribution in [2.75, 3.05) is 36.5 Å². The highest BCUT2D eigenvalue weighted by atomic mass is 16.5. The second-order valence-corrected chi connectivity index (χ2v) is 7.61. The van der Waals surface area contributed by atoms with Gasteiger partial charge < -0.3 is 19.4 Å². The molecule has 0 saturated carbocycles. The zero-order chi connectivity index (χ0) is 20.9. The van der Waals surface area contributed by atoms with Crippen LogP contribution in [0, 0.1) is 13.8 Å². The fraction of sp³-hybridized carbons (Fsp3) is 0.333. The highest BCUT2D eigenvalue weighted by Gasteiger charge is 2.12. The van der Waals surface area contributed by atoms with Crippen molar-refractivity contribution in [3.05, 3.63) is 65.7 Å². The molecule has 0 radical (unpaired) electrons. The average molecular weight is 405 g/mol. The summed E-state index contributed by atoms with van der Waals surface area (Å²) in [4.78, 5) is 18.9. The minimum Gasteiger partial charge on any atom is -0.441 e. The first kappa shape index (κ1) is 20.2. The standard InChI is InChI=1S/C24H27N3O3/c1-17-3-4-19(15-18(17)2)22-16-25-24(30-22)10-9-23(28)26-20-5-7-21(8-6-20)27-11-13-29-14-12-27/h3-8,15-16H,9-14H2,1-2H3,(H,26,28). The third-order valence-corrected chi connectivity index (χ3v) is 5.44. The van der Waals surface area contributed by atoms with Gasteiger partial charge in [-0.1, -0.05) is 12.1 Å². The smallest absolute Gasteiger partial charge is 0.224 e. The lowest BCUT2D eigenvalue weighted by atomic mass is 10.1. The fourth-order valence-electron chi connectivity index (χ4n) is 3.48. The van der Waals surface area contributed by atoms with Gasteiger partial charge in [-0.15, -0.1) is 0 Å². The van der Waals surface area contributed by atoms with Crippen molar-refractivity contribution in [2.45, 2.75) is 26.7 Å². The molecule has 4 rings (SSSR count). The Bertz CT molecular complexity index is 1000. The average Bonchev–Trinajstić information content (AvgIpc) is 3.24. The monoisotopic (exact) mass is 405 g/mol. The molecule has 0 bridgehead atoms. The van der Waals surface area contributed by atoms with Gasteiger partial charge in [0.1, 0.15) is 0 Å². The van der Waals surface area contributed by atoms with E-state index in [1.165, 1.54) is 11.1 Å². The lowest BCUT2D eigenvalue weighted by molar-refractivity contribution is -0.116. The molecule has 1 saturated heterocycles. The molecular formula is C24H27N3O3. The molecule has 6 heteroatoms. The maximum absolute atomic E-state index is 12.3. The minimum absolute atomic E-state index is 0.0555. The Balaban J connectivity index is 1.29. The molecule has 0 atom stereocenters. The molecule has 0 spiro atoms. The van der Waals surface area contributed by atoms with Crippen LogP contribution < -0.4 is 10.2 Å². The summed E-state index contributed by atoms with van der Waals surface area (Å²) in [6.07, 6.45) is 2.50. The van der Waals surface area contributed by atoms with Gasteiger partial charge >= 0.3 is 0 Å². The molecule has 1 aliphatic heterocycles. The lowest BCUT2D eigenvalue weighted by Crippen LogP contribution is -2.36. The summed E-state index contributed by atoms with van der Waals surface area (Å²) >= 11 is 0. The summed E-state index contributed by atoms with van der Waals surface area (Å²) < 4.78 is 11.2. The minimum atomic E-state index is -0.0555. The number of morpholine rings is 1. The SMILES string of the molecule is Cc1ccc(-c2cnc(CCC(=O)Nc3ccc(N4CCOCC4)cc3)o2)cc1C. The molecule has 1 N–H and O–H groups in total. The number of carbonyl (C=O) groups is 1. The van der Waals surface area contributed by atoms with E-state index in [2.05, 4.69) is 41.2 Å². The molecule has 1 aromatic heterocycles. The Morgan fingerprint density at radius 1 is 1.07 bits per heavy atom. The van der Waals surface area contributed by atoms with Crippen LogP contribution in [0.5, 0.6) is 0 Å². The van der Waals surface area contributed by atoms with Crippen molar-refractivity contribution < 1.29 is 13.9 Å². The van der Waals surface area contributed by atoms with E-state index in [0.717, 1.165) is 49.0 Å². The maximum Gasteiger partial charge on any atom is 0.224 e. The van der Waals surface area contributed by atoms with Crippen LogP contribution in [0.15, 0.2) is 53.1 Å². The Morgan fingerprint density at radius 2 is 1.83 bits per heavy atom. The summed E-state index contributed by atoms with van der Waals surface area (Å²) in [5.41, 5.74) is 5.40. The van der Waals surface area contributed by atoms with E-state index in [1.54, 1.807) is 6.20 Å². The third kappa shape index (κ3) is 4.89. The molecular weight excluding hydrogens is 378 g/mol. The number of hydrogen-bond acceptors (Lipinski definition) is 5. The normalized spacial score (nSPS) is 14.0. The number of rotatable bonds is 6. The summed E-state index contributed by atoms with van der Waals surface area (Å²) in [5, 5.41) is 2.94. The van der Waals surface area contributed by atoms with Gasteiger partial charge in [0, 0.05) is 42.9 Å². The predicted octanol–water partition coefficient (Wildman–Crippen LogP) is 4.37. The van der Waals surface area contributed by atoms with Crippen LogP contribution in [-0.2, 0) is 16.0 Å². The largest absolute Gasteiger partial charge is 0.441 e. The van der Waals surface area contributed by atoms with Crippen molar-refractivity contribution >= 4 is 17.3 Å². The van der Waals surface area contributed by atoms with Gasteiger partial charge in [0.15, 0.2) is 11.7 Å². The number of ether oxygens (including phenoxy) is 1. The number of aromatic nitrogens is 1. The zero-order valence-electron chi connectivity index (χ0n) is 17.5. The van der Waals surface area contributed by atoms with Crippen LogP contribution in [0.3, 0.4) is 0 Å². The number of oxazole rings is 1. The molecule has 0 aliphatic carbocycles. The lowest BCUT2D eigenvalue weighted by Gasteiger charge is -2.28. The van der Waals surface area contributed by atoms with Crippen LogP contribution in [0.25, 0.3) is 11.3 Å². The van der Waals surface area contributed by atoms with Crippen LogP contribution in [0.4, 0.5) is 11.4 Å². The Hall–Kier alpha value is -3.12. The molecule has 6 nitrogen and oxygen atoms in total. The number of amides is 1. The van der Waals surface area contributed by atoms with E-state index >= 15 is 0 Å². The van der Waals surface area contributed by atoms with Crippen molar-refractivity contribution in [3.63, 3.8) is 0 Å². The van der Waals surface area contributed by atoms with E-state index in [-0.39, 0.29) is 5.91 Å². The van der Waals surface area contributed by atoms with Gasteiger partial charge in [-0.25, -0.2) is 4.98 Å². The van der Waals surface area contributed by atoms with Gasteiger partial charge in [-0.2, -0.15) is 0 Å². The topological polar surface area (TPSA) is 67.6 Å². The van der Waals surface area contributed by atoms with Crippen LogP contribution >= 0.6 is 0 Å². The van der Waals surface area contributed by atoms with Crippen molar-refractivity contribution in [1.82, 2.24) is 4.98 Å². The van der Waals surface area contributed by atoms with Gasteiger partial charge in [0.05, 0.1) is 19.4 Å². The summed E-state index contributed by atoms with van der Waals surface area (Å²) in [7, 11) is 0. The molecule has 1 aliphatic rings. The molecule has 0 unspecified atom stereocenters. The second-order valence-electron chi connectivity index (χ2n) is 7.61. The van der Waals surface area contributed by atoms with E-state index in [1.807, 2.05) is 30.3 Å².